The minimum Gasteiger partial charge on any atom is -0.490 e. The fourth-order valence-corrected chi connectivity index (χ4v) is 1.85. The van der Waals surface area contributed by atoms with Crippen molar-refractivity contribution in [2.75, 3.05) is 13.2 Å². The fourth-order valence-electron chi connectivity index (χ4n) is 1.24. The molecule has 16 heavy (non-hydrogen) atoms. The van der Waals surface area contributed by atoms with Crippen LogP contribution in [0.3, 0.4) is 0 Å². The van der Waals surface area contributed by atoms with Gasteiger partial charge in [-0.3, -0.25) is 4.79 Å². The fraction of sp³-hybridized carbons (Fsp3) is 0.250. The summed E-state index contributed by atoms with van der Waals surface area (Å²) >= 11 is 2.13. The zero-order valence-electron chi connectivity index (χ0n) is 9.03. The molecule has 1 aromatic rings. The van der Waals surface area contributed by atoms with Gasteiger partial charge in [0.1, 0.15) is 6.61 Å². The number of halogens is 1. The first-order valence-electron chi connectivity index (χ1n) is 4.88. The Morgan fingerprint density at radius 3 is 2.75 bits per heavy atom. The highest BCUT2D eigenvalue weighted by Crippen LogP contribution is 2.32. The molecule has 0 aromatic heterocycles. The van der Waals surface area contributed by atoms with E-state index in [4.69, 9.17) is 9.47 Å². The van der Waals surface area contributed by atoms with Crippen LogP contribution in [0.1, 0.15) is 17.3 Å². The maximum Gasteiger partial charge on any atom is 0.172 e. The van der Waals surface area contributed by atoms with E-state index < -0.39 is 0 Å². The molecular weight excluding hydrogens is 319 g/mol. The van der Waals surface area contributed by atoms with Crippen LogP contribution in [0.4, 0.5) is 0 Å². The molecule has 0 amide bonds. The molecule has 0 aliphatic carbocycles. The highest BCUT2D eigenvalue weighted by molar-refractivity contribution is 14.1. The largest absolute Gasteiger partial charge is 0.490 e. The topological polar surface area (TPSA) is 35.5 Å². The van der Waals surface area contributed by atoms with Crippen LogP contribution in [-0.2, 0) is 0 Å². The molecule has 0 atom stereocenters. The summed E-state index contributed by atoms with van der Waals surface area (Å²) in [5.41, 5.74) is 0.497. The van der Waals surface area contributed by atoms with Gasteiger partial charge in [0.05, 0.1) is 12.2 Å². The highest BCUT2D eigenvalue weighted by Gasteiger charge is 2.12. The molecule has 0 heterocycles. The quantitative estimate of drug-likeness (QED) is 0.456. The van der Waals surface area contributed by atoms with E-state index in [-0.39, 0.29) is 0 Å². The first-order chi connectivity index (χ1) is 7.72. The molecule has 86 valence electrons. The van der Waals surface area contributed by atoms with Crippen molar-refractivity contribution < 1.29 is 14.3 Å². The van der Waals surface area contributed by atoms with Crippen molar-refractivity contribution in [2.45, 2.75) is 6.92 Å². The first kappa shape index (κ1) is 13.0. The smallest absolute Gasteiger partial charge is 0.172 e. The van der Waals surface area contributed by atoms with Crippen LogP contribution in [-0.4, -0.2) is 19.5 Å². The van der Waals surface area contributed by atoms with E-state index in [1.54, 1.807) is 12.1 Å². The Kier molecular flexibility index (Phi) is 5.31. The van der Waals surface area contributed by atoms with Crippen molar-refractivity contribution >= 4 is 28.9 Å². The molecule has 4 heteroatoms. The number of carbonyl (C=O) groups is 1. The predicted octanol–water partition coefficient (Wildman–Crippen LogP) is 3.07. The monoisotopic (exact) mass is 332 g/mol. The molecular formula is C12H13IO3. The normalized spacial score (nSPS) is 9.62. The lowest BCUT2D eigenvalue weighted by Crippen LogP contribution is -2.02. The van der Waals surface area contributed by atoms with E-state index in [1.807, 2.05) is 13.0 Å². The third kappa shape index (κ3) is 3.23. The lowest BCUT2D eigenvalue weighted by molar-refractivity contribution is 0.111. The van der Waals surface area contributed by atoms with Gasteiger partial charge in [-0.05, 0) is 41.6 Å². The summed E-state index contributed by atoms with van der Waals surface area (Å²) in [6, 6.07) is 3.60. The Hall–Kier alpha value is -1.04. The Bertz CT molecular complexity index is 388. The average molecular weight is 332 g/mol. The van der Waals surface area contributed by atoms with Crippen molar-refractivity contribution in [1.82, 2.24) is 0 Å². The lowest BCUT2D eigenvalue weighted by atomic mass is 10.2. The van der Waals surface area contributed by atoms with Crippen molar-refractivity contribution in [3.8, 4) is 11.5 Å². The molecule has 0 aliphatic rings. The van der Waals surface area contributed by atoms with Crippen molar-refractivity contribution in [3.05, 3.63) is 33.9 Å². The van der Waals surface area contributed by atoms with Gasteiger partial charge in [-0.2, -0.15) is 0 Å². The second-order valence-corrected chi connectivity index (χ2v) is 4.22. The van der Waals surface area contributed by atoms with Crippen LogP contribution >= 0.6 is 22.6 Å². The number of benzene rings is 1. The molecule has 1 rings (SSSR count). The number of aldehydes is 1. The first-order valence-corrected chi connectivity index (χ1v) is 5.96. The highest BCUT2D eigenvalue weighted by atomic mass is 127. The standard InChI is InChI=1S/C12H13IO3/c1-3-5-16-12-9(8-14)6-10(13)7-11(12)15-4-2/h3,6-8H,1,4-5H2,2H3. The number of carbonyl (C=O) groups excluding carboxylic acids is 1. The van der Waals surface area contributed by atoms with E-state index in [1.165, 1.54) is 0 Å². The van der Waals surface area contributed by atoms with Gasteiger partial charge in [0, 0.05) is 3.57 Å². The molecule has 0 fully saturated rings. The average Bonchev–Trinajstić information content (AvgIpc) is 2.27. The molecule has 0 saturated heterocycles. The molecule has 0 bridgehead atoms. The zero-order valence-corrected chi connectivity index (χ0v) is 11.2. The van der Waals surface area contributed by atoms with E-state index in [9.17, 15) is 4.79 Å². The van der Waals surface area contributed by atoms with Gasteiger partial charge >= 0.3 is 0 Å². The van der Waals surface area contributed by atoms with Gasteiger partial charge in [0.2, 0.25) is 0 Å². The summed E-state index contributed by atoms with van der Waals surface area (Å²) in [5.74, 6) is 1.08. The number of hydrogen-bond acceptors (Lipinski definition) is 3. The summed E-state index contributed by atoms with van der Waals surface area (Å²) in [6.45, 7) is 6.33. The number of rotatable bonds is 6. The van der Waals surface area contributed by atoms with E-state index >= 15 is 0 Å². The molecule has 0 N–H and O–H groups in total. The van der Waals surface area contributed by atoms with Crippen molar-refractivity contribution in [2.24, 2.45) is 0 Å². The Morgan fingerprint density at radius 1 is 1.44 bits per heavy atom. The minimum atomic E-state index is 0.349. The molecule has 0 unspecified atom stereocenters. The minimum absolute atomic E-state index is 0.349. The van der Waals surface area contributed by atoms with E-state index in [0.29, 0.717) is 30.3 Å². The molecule has 3 nitrogen and oxygen atoms in total. The molecule has 0 saturated carbocycles. The molecule has 0 spiro atoms. The predicted molar refractivity (Wildman–Crippen MR) is 71.4 cm³/mol. The van der Waals surface area contributed by atoms with Gasteiger partial charge in [0.25, 0.3) is 0 Å². The van der Waals surface area contributed by atoms with E-state index in [0.717, 1.165) is 9.86 Å². The second kappa shape index (κ2) is 6.52. The Balaban J connectivity index is 3.15. The Morgan fingerprint density at radius 2 is 2.19 bits per heavy atom. The van der Waals surface area contributed by atoms with Crippen molar-refractivity contribution in [1.29, 1.82) is 0 Å². The maximum atomic E-state index is 10.9. The van der Waals surface area contributed by atoms with Crippen LogP contribution in [0.25, 0.3) is 0 Å². The summed E-state index contributed by atoms with van der Waals surface area (Å²) in [4.78, 5) is 10.9. The molecule has 0 radical (unpaired) electrons. The van der Waals surface area contributed by atoms with Crippen LogP contribution in [0.5, 0.6) is 11.5 Å². The van der Waals surface area contributed by atoms with Gasteiger partial charge in [-0.25, -0.2) is 0 Å². The summed E-state index contributed by atoms with van der Waals surface area (Å²) in [5, 5.41) is 0. The molecule has 1 aromatic carbocycles. The summed E-state index contributed by atoms with van der Waals surface area (Å²) in [7, 11) is 0. The van der Waals surface area contributed by atoms with Gasteiger partial charge in [0.15, 0.2) is 17.8 Å². The van der Waals surface area contributed by atoms with Crippen LogP contribution in [0, 0.1) is 3.57 Å². The van der Waals surface area contributed by atoms with E-state index in [2.05, 4.69) is 29.2 Å². The van der Waals surface area contributed by atoms with Crippen LogP contribution < -0.4 is 9.47 Å². The number of hydrogen-bond donors (Lipinski definition) is 0. The molecule has 0 aliphatic heterocycles. The maximum absolute atomic E-state index is 10.9. The van der Waals surface area contributed by atoms with Gasteiger partial charge in [-0.15, -0.1) is 0 Å². The SMILES string of the molecule is C=CCOc1c(C=O)cc(I)cc1OCC. The van der Waals surface area contributed by atoms with Gasteiger partial charge in [-0.1, -0.05) is 12.7 Å². The van der Waals surface area contributed by atoms with Gasteiger partial charge < -0.3 is 9.47 Å². The summed E-state index contributed by atoms with van der Waals surface area (Å²) < 4.78 is 11.8. The zero-order chi connectivity index (χ0) is 12.0. The van der Waals surface area contributed by atoms with Crippen LogP contribution in [0.2, 0.25) is 0 Å². The third-order valence-corrected chi connectivity index (χ3v) is 2.44. The second-order valence-electron chi connectivity index (χ2n) is 2.97. The Labute approximate surface area is 109 Å². The summed E-state index contributed by atoms with van der Waals surface area (Å²) in [6.07, 6.45) is 2.39. The number of ether oxygens (including phenoxy) is 2. The lowest BCUT2D eigenvalue weighted by Gasteiger charge is -2.13. The van der Waals surface area contributed by atoms with Crippen LogP contribution in [0.15, 0.2) is 24.8 Å². The third-order valence-electron chi connectivity index (χ3n) is 1.82. The van der Waals surface area contributed by atoms with Crippen molar-refractivity contribution in [3.63, 3.8) is 0 Å².